The average molecular weight is 360 g/mol. The van der Waals surface area contributed by atoms with Crippen LogP contribution in [0.15, 0.2) is 24.4 Å². The molecule has 1 amide bonds. The predicted molar refractivity (Wildman–Crippen MR) is 97.4 cm³/mol. The molecule has 6 nitrogen and oxygen atoms in total. The monoisotopic (exact) mass is 360 g/mol. The van der Waals surface area contributed by atoms with Gasteiger partial charge in [-0.05, 0) is 19.1 Å². The van der Waals surface area contributed by atoms with E-state index in [1.54, 1.807) is 24.6 Å². The maximum Gasteiger partial charge on any atom is 0.232 e. The molecule has 0 radical (unpaired) electrons. The van der Waals surface area contributed by atoms with E-state index in [0.717, 1.165) is 26.0 Å². The molecule has 1 saturated heterocycles. The summed E-state index contributed by atoms with van der Waals surface area (Å²) >= 11 is 3.13. The van der Waals surface area contributed by atoms with Crippen LogP contribution < -0.4 is 15.0 Å². The second-order valence-corrected chi connectivity index (χ2v) is 7.94. The van der Waals surface area contributed by atoms with E-state index in [1.807, 2.05) is 25.1 Å². The number of hydrogen-bond acceptors (Lipinski definition) is 7. The summed E-state index contributed by atoms with van der Waals surface area (Å²) in [6.45, 7) is 3.35. The Balaban J connectivity index is 1.40. The highest BCUT2D eigenvalue weighted by molar-refractivity contribution is 7.22. The number of ether oxygens (including phenoxy) is 1. The van der Waals surface area contributed by atoms with Gasteiger partial charge in [0, 0.05) is 30.2 Å². The summed E-state index contributed by atoms with van der Waals surface area (Å²) in [4.78, 5) is 24.3. The normalized spacial score (nSPS) is 14.7. The molecule has 24 heavy (non-hydrogen) atoms. The number of hydrogen-bond donors (Lipinski definition) is 1. The van der Waals surface area contributed by atoms with Gasteiger partial charge >= 0.3 is 0 Å². The van der Waals surface area contributed by atoms with Crippen LogP contribution >= 0.6 is 22.7 Å². The third-order valence-corrected chi connectivity index (χ3v) is 5.88. The summed E-state index contributed by atoms with van der Waals surface area (Å²) in [6.07, 6.45) is 1.77. The van der Waals surface area contributed by atoms with Gasteiger partial charge in [-0.2, -0.15) is 0 Å². The Kier molecular flexibility index (Phi) is 3.85. The van der Waals surface area contributed by atoms with E-state index in [2.05, 4.69) is 20.2 Å². The van der Waals surface area contributed by atoms with Gasteiger partial charge in [-0.3, -0.25) is 4.79 Å². The van der Waals surface area contributed by atoms with E-state index >= 15 is 0 Å². The Bertz CT molecular complexity index is 899. The molecule has 1 N–H and O–H groups in total. The summed E-state index contributed by atoms with van der Waals surface area (Å²) in [5.41, 5.74) is 0.931. The van der Waals surface area contributed by atoms with Crippen LogP contribution in [0.5, 0.6) is 5.75 Å². The molecule has 0 spiro atoms. The SMILES string of the molecule is COc1ccc2sc(N3CC(C(=O)Nc4ncc(C)s4)C3)nc2c1. The van der Waals surface area contributed by atoms with Crippen LogP contribution in [0.1, 0.15) is 4.88 Å². The van der Waals surface area contributed by atoms with Gasteiger partial charge in [0.25, 0.3) is 0 Å². The van der Waals surface area contributed by atoms with Gasteiger partial charge in [-0.25, -0.2) is 9.97 Å². The van der Waals surface area contributed by atoms with Gasteiger partial charge in [0.1, 0.15) is 5.75 Å². The number of nitrogens with zero attached hydrogens (tertiary/aromatic N) is 3. The summed E-state index contributed by atoms with van der Waals surface area (Å²) in [5, 5.41) is 4.51. The van der Waals surface area contributed by atoms with Crippen molar-refractivity contribution in [3.63, 3.8) is 0 Å². The fourth-order valence-corrected chi connectivity index (χ4v) is 4.21. The van der Waals surface area contributed by atoms with Crippen molar-refractivity contribution in [2.24, 2.45) is 5.92 Å². The Morgan fingerprint density at radius 2 is 2.21 bits per heavy atom. The van der Waals surface area contributed by atoms with Crippen molar-refractivity contribution in [1.82, 2.24) is 9.97 Å². The first-order chi connectivity index (χ1) is 11.6. The second kappa shape index (κ2) is 6.03. The summed E-state index contributed by atoms with van der Waals surface area (Å²) in [6, 6.07) is 5.89. The van der Waals surface area contributed by atoms with Crippen molar-refractivity contribution in [2.75, 3.05) is 30.4 Å². The molecule has 0 aliphatic carbocycles. The zero-order valence-corrected chi connectivity index (χ0v) is 14.9. The number of anilines is 2. The third kappa shape index (κ3) is 2.83. The second-order valence-electron chi connectivity index (χ2n) is 5.70. The van der Waals surface area contributed by atoms with Crippen LogP contribution in [0.25, 0.3) is 10.2 Å². The number of aryl methyl sites for hydroxylation is 1. The number of benzene rings is 1. The molecule has 0 unspecified atom stereocenters. The number of thiazole rings is 2. The van der Waals surface area contributed by atoms with Crippen LogP contribution in [0.4, 0.5) is 10.3 Å². The highest BCUT2D eigenvalue weighted by Crippen LogP contribution is 2.34. The smallest absolute Gasteiger partial charge is 0.232 e. The van der Waals surface area contributed by atoms with Crippen molar-refractivity contribution < 1.29 is 9.53 Å². The van der Waals surface area contributed by atoms with Crippen molar-refractivity contribution in [1.29, 1.82) is 0 Å². The maximum absolute atomic E-state index is 12.2. The fourth-order valence-electron chi connectivity index (χ4n) is 2.58. The Morgan fingerprint density at radius 1 is 1.38 bits per heavy atom. The lowest BCUT2D eigenvalue weighted by molar-refractivity contribution is -0.120. The van der Waals surface area contributed by atoms with Crippen LogP contribution in [0, 0.1) is 12.8 Å². The van der Waals surface area contributed by atoms with Crippen LogP contribution in [-0.4, -0.2) is 36.1 Å². The number of aromatic nitrogens is 2. The largest absolute Gasteiger partial charge is 0.497 e. The topological polar surface area (TPSA) is 67.3 Å². The average Bonchev–Trinajstić information content (AvgIpc) is 3.10. The minimum absolute atomic E-state index is 0.0178. The zero-order valence-electron chi connectivity index (χ0n) is 13.3. The lowest BCUT2D eigenvalue weighted by Gasteiger charge is -2.37. The summed E-state index contributed by atoms with van der Waals surface area (Å²) in [7, 11) is 1.65. The van der Waals surface area contributed by atoms with Crippen molar-refractivity contribution in [3.05, 3.63) is 29.3 Å². The van der Waals surface area contributed by atoms with E-state index < -0.39 is 0 Å². The van der Waals surface area contributed by atoms with E-state index in [0.29, 0.717) is 18.2 Å². The third-order valence-electron chi connectivity index (χ3n) is 3.96. The Hall–Kier alpha value is -2.19. The zero-order chi connectivity index (χ0) is 16.7. The number of amides is 1. The summed E-state index contributed by atoms with van der Waals surface area (Å²) < 4.78 is 6.35. The Labute approximate surface area is 147 Å². The standard InChI is InChI=1S/C16H16N4O2S2/c1-9-6-17-15(23-9)19-14(21)10-7-20(8-10)16-18-12-5-11(22-2)3-4-13(12)24-16/h3-6,10H,7-8H2,1-2H3,(H,17,19,21). The van der Waals surface area contributed by atoms with Crippen molar-refractivity contribution >= 4 is 49.1 Å². The first kappa shape index (κ1) is 15.3. The molecule has 1 fully saturated rings. The molecule has 3 aromatic rings. The predicted octanol–water partition coefficient (Wildman–Crippen LogP) is 3.14. The van der Waals surface area contributed by atoms with E-state index in [-0.39, 0.29) is 11.8 Å². The highest BCUT2D eigenvalue weighted by atomic mass is 32.1. The van der Waals surface area contributed by atoms with Gasteiger partial charge in [-0.15, -0.1) is 11.3 Å². The molecule has 1 aliphatic rings. The molecule has 2 aromatic heterocycles. The molecule has 1 aliphatic heterocycles. The molecular weight excluding hydrogens is 344 g/mol. The number of carbonyl (C=O) groups is 1. The van der Waals surface area contributed by atoms with Gasteiger partial charge in [0.15, 0.2) is 10.3 Å². The number of nitrogens with one attached hydrogen (secondary N) is 1. The molecule has 3 heterocycles. The quantitative estimate of drug-likeness (QED) is 0.774. The fraction of sp³-hybridized carbons (Fsp3) is 0.312. The molecule has 4 rings (SSSR count). The summed E-state index contributed by atoms with van der Waals surface area (Å²) in [5.74, 6) is 0.818. The molecule has 0 saturated carbocycles. The first-order valence-corrected chi connectivity index (χ1v) is 9.18. The number of carbonyl (C=O) groups excluding carboxylic acids is 1. The lowest BCUT2D eigenvalue weighted by Crippen LogP contribution is -2.52. The van der Waals surface area contributed by atoms with Crippen LogP contribution in [0.2, 0.25) is 0 Å². The number of methoxy groups -OCH3 is 1. The molecule has 124 valence electrons. The van der Waals surface area contributed by atoms with E-state index in [1.165, 1.54) is 11.3 Å². The lowest BCUT2D eigenvalue weighted by atomic mass is 10.0. The van der Waals surface area contributed by atoms with Crippen molar-refractivity contribution in [2.45, 2.75) is 6.92 Å². The molecule has 0 bridgehead atoms. The van der Waals surface area contributed by atoms with Gasteiger partial charge in [-0.1, -0.05) is 11.3 Å². The molecular formula is C16H16N4O2S2. The molecule has 1 aromatic carbocycles. The van der Waals surface area contributed by atoms with Crippen LogP contribution in [0.3, 0.4) is 0 Å². The minimum atomic E-state index is -0.0178. The van der Waals surface area contributed by atoms with E-state index in [4.69, 9.17) is 4.74 Å². The van der Waals surface area contributed by atoms with Crippen LogP contribution in [-0.2, 0) is 4.79 Å². The molecule has 0 atom stereocenters. The van der Waals surface area contributed by atoms with E-state index in [9.17, 15) is 4.79 Å². The molecule has 8 heteroatoms. The van der Waals surface area contributed by atoms with Gasteiger partial charge in [0.2, 0.25) is 5.91 Å². The van der Waals surface area contributed by atoms with Gasteiger partial charge in [0.05, 0.1) is 23.2 Å². The number of rotatable bonds is 4. The number of fused-ring (bicyclic) bond motifs is 1. The highest BCUT2D eigenvalue weighted by Gasteiger charge is 2.34. The Morgan fingerprint density at radius 3 is 2.92 bits per heavy atom. The van der Waals surface area contributed by atoms with Gasteiger partial charge < -0.3 is 15.0 Å². The minimum Gasteiger partial charge on any atom is -0.497 e. The van der Waals surface area contributed by atoms with Crippen molar-refractivity contribution in [3.8, 4) is 5.75 Å². The first-order valence-electron chi connectivity index (χ1n) is 7.55. The maximum atomic E-state index is 12.2.